The van der Waals surface area contributed by atoms with Crippen LogP contribution >= 0.6 is 0 Å². The van der Waals surface area contributed by atoms with Gasteiger partial charge in [-0.3, -0.25) is 0 Å². The van der Waals surface area contributed by atoms with Crippen molar-refractivity contribution >= 4 is 0 Å². The summed E-state index contributed by atoms with van der Waals surface area (Å²) in [7, 11) is 0. The SMILES string of the molecule is CCCCc1cc2ccc1=2.CCc1ncc(C2CCC(CC)CC2)cn1. The van der Waals surface area contributed by atoms with E-state index in [2.05, 4.69) is 48.9 Å². The predicted octanol–water partition coefficient (Wildman–Crippen LogP) is 6.35. The molecule has 2 nitrogen and oxygen atoms in total. The van der Waals surface area contributed by atoms with E-state index in [1.54, 1.807) is 5.56 Å². The van der Waals surface area contributed by atoms with Crippen LogP contribution in [0.2, 0.25) is 0 Å². The Morgan fingerprint density at radius 2 is 1.69 bits per heavy atom. The summed E-state index contributed by atoms with van der Waals surface area (Å²) in [5.74, 6) is 2.65. The van der Waals surface area contributed by atoms with Gasteiger partial charge < -0.3 is 0 Å². The van der Waals surface area contributed by atoms with Gasteiger partial charge in [-0.2, -0.15) is 0 Å². The van der Waals surface area contributed by atoms with Crippen molar-refractivity contribution in [3.8, 4) is 0 Å². The van der Waals surface area contributed by atoms with Crippen molar-refractivity contribution in [1.29, 1.82) is 0 Å². The highest BCUT2D eigenvalue weighted by Gasteiger charge is 2.21. The molecular formula is C24H34N2. The summed E-state index contributed by atoms with van der Waals surface area (Å²) in [6.07, 6.45) is 15.7. The summed E-state index contributed by atoms with van der Waals surface area (Å²) in [5.41, 5.74) is 2.94. The van der Waals surface area contributed by atoms with Crippen molar-refractivity contribution in [1.82, 2.24) is 9.97 Å². The Labute approximate surface area is 158 Å². The van der Waals surface area contributed by atoms with Gasteiger partial charge in [-0.1, -0.05) is 51.8 Å². The molecule has 1 aromatic heterocycles. The molecule has 1 aromatic rings. The summed E-state index contributed by atoms with van der Waals surface area (Å²) in [6, 6.07) is 6.72. The quantitative estimate of drug-likeness (QED) is 0.517. The monoisotopic (exact) mass is 350 g/mol. The van der Waals surface area contributed by atoms with Gasteiger partial charge in [0.2, 0.25) is 0 Å². The molecule has 0 saturated heterocycles. The fourth-order valence-corrected chi connectivity index (χ4v) is 4.11. The fraction of sp³-hybridized carbons (Fsp3) is 0.583. The Bertz CT molecular complexity index is 771. The third kappa shape index (κ3) is 4.52. The second kappa shape index (κ2) is 9.30. The lowest BCUT2D eigenvalue weighted by Crippen LogP contribution is -2.13. The molecule has 1 heterocycles. The smallest absolute Gasteiger partial charge is 0.127 e. The van der Waals surface area contributed by atoms with Crippen LogP contribution < -0.4 is 0 Å². The van der Waals surface area contributed by atoms with Gasteiger partial charge in [-0.15, -0.1) is 0 Å². The molecule has 0 bridgehead atoms. The third-order valence-corrected chi connectivity index (χ3v) is 6.15. The molecule has 0 amide bonds. The molecule has 0 radical (unpaired) electrons. The van der Waals surface area contributed by atoms with Crippen molar-refractivity contribution in [3.63, 3.8) is 0 Å². The van der Waals surface area contributed by atoms with Crippen LogP contribution in [-0.4, -0.2) is 9.97 Å². The largest absolute Gasteiger partial charge is 0.241 e. The molecule has 3 aliphatic rings. The van der Waals surface area contributed by atoms with Crippen molar-refractivity contribution in [3.05, 3.63) is 58.0 Å². The molecule has 3 aliphatic carbocycles. The topological polar surface area (TPSA) is 25.8 Å². The number of hydrogen-bond donors (Lipinski definition) is 0. The molecule has 1 fully saturated rings. The third-order valence-electron chi connectivity index (χ3n) is 6.15. The minimum Gasteiger partial charge on any atom is -0.241 e. The average Bonchev–Trinajstić information content (AvgIpc) is 2.69. The van der Waals surface area contributed by atoms with Gasteiger partial charge in [0.15, 0.2) is 0 Å². The maximum absolute atomic E-state index is 4.40. The van der Waals surface area contributed by atoms with Crippen LogP contribution in [0.5, 0.6) is 0 Å². The van der Waals surface area contributed by atoms with E-state index < -0.39 is 0 Å². The second-order valence-electron chi connectivity index (χ2n) is 7.89. The lowest BCUT2D eigenvalue weighted by atomic mass is 9.78. The minimum absolute atomic E-state index is 0.716. The average molecular weight is 351 g/mol. The first kappa shape index (κ1) is 19.1. The summed E-state index contributed by atoms with van der Waals surface area (Å²) < 4.78 is 0. The maximum Gasteiger partial charge on any atom is 0.127 e. The molecule has 140 valence electrons. The van der Waals surface area contributed by atoms with E-state index in [9.17, 15) is 0 Å². The van der Waals surface area contributed by atoms with E-state index in [4.69, 9.17) is 0 Å². The Hall–Kier alpha value is -1.70. The molecule has 0 atom stereocenters. The number of unbranched alkanes of at least 4 members (excludes halogenated alkanes) is 1. The van der Waals surface area contributed by atoms with Crippen molar-refractivity contribution in [2.75, 3.05) is 0 Å². The number of benzene rings is 1. The normalized spacial score (nSPS) is 20.3. The van der Waals surface area contributed by atoms with Gasteiger partial charge in [-0.05, 0) is 71.9 Å². The van der Waals surface area contributed by atoms with E-state index in [0.29, 0.717) is 5.92 Å². The zero-order valence-corrected chi connectivity index (χ0v) is 16.8. The van der Waals surface area contributed by atoms with Crippen LogP contribution in [0.4, 0.5) is 0 Å². The van der Waals surface area contributed by atoms with Gasteiger partial charge in [0.05, 0.1) is 0 Å². The molecule has 1 saturated carbocycles. The Morgan fingerprint density at radius 1 is 0.962 bits per heavy atom. The van der Waals surface area contributed by atoms with Crippen molar-refractivity contribution in [2.45, 2.75) is 84.5 Å². The predicted molar refractivity (Wildman–Crippen MR) is 109 cm³/mol. The van der Waals surface area contributed by atoms with Crippen LogP contribution in [0.3, 0.4) is 0 Å². The van der Waals surface area contributed by atoms with E-state index >= 15 is 0 Å². The summed E-state index contributed by atoms with van der Waals surface area (Å²) in [4.78, 5) is 8.80. The molecule has 0 unspecified atom stereocenters. The van der Waals surface area contributed by atoms with E-state index in [0.717, 1.165) is 18.2 Å². The zero-order chi connectivity index (χ0) is 18.4. The zero-order valence-electron chi connectivity index (χ0n) is 16.8. The highest BCUT2D eigenvalue weighted by Crippen LogP contribution is 2.36. The number of aryl methyl sites for hydroxylation is 2. The van der Waals surface area contributed by atoms with Gasteiger partial charge in [0, 0.05) is 18.8 Å². The van der Waals surface area contributed by atoms with E-state index in [1.807, 2.05) is 12.4 Å². The van der Waals surface area contributed by atoms with E-state index in [-0.39, 0.29) is 0 Å². The van der Waals surface area contributed by atoms with Gasteiger partial charge in [-0.25, -0.2) is 9.97 Å². The van der Waals surface area contributed by atoms with E-state index in [1.165, 1.54) is 67.4 Å². The Kier molecular flexibility index (Phi) is 6.82. The molecule has 2 heteroatoms. The fourth-order valence-electron chi connectivity index (χ4n) is 4.11. The van der Waals surface area contributed by atoms with Crippen molar-refractivity contribution < 1.29 is 0 Å². The molecule has 0 aromatic carbocycles. The summed E-state index contributed by atoms with van der Waals surface area (Å²) in [6.45, 7) is 6.65. The summed E-state index contributed by atoms with van der Waals surface area (Å²) in [5, 5.41) is 3.01. The molecular weight excluding hydrogens is 316 g/mol. The Morgan fingerprint density at radius 3 is 2.15 bits per heavy atom. The first-order valence-corrected chi connectivity index (χ1v) is 10.7. The lowest BCUT2D eigenvalue weighted by Gasteiger charge is -2.27. The van der Waals surface area contributed by atoms with Gasteiger partial charge >= 0.3 is 0 Å². The van der Waals surface area contributed by atoms with Gasteiger partial charge in [0.25, 0.3) is 0 Å². The molecule has 0 N–H and O–H groups in total. The standard InChI is InChI=1S/C14H22N2.C10H12/c1-3-11-5-7-12(8-6-11)13-9-15-14(4-2)16-10-13;1-2-3-4-8-7-9-5-6-10(8)9/h9-12H,3-8H2,1-2H3;5-7H,2-4H2,1H3. The van der Waals surface area contributed by atoms with Crippen LogP contribution in [0.1, 0.15) is 88.6 Å². The Balaban J connectivity index is 0.000000167. The highest BCUT2D eigenvalue weighted by atomic mass is 14.9. The number of aromatic nitrogens is 2. The molecule has 26 heavy (non-hydrogen) atoms. The number of hydrogen-bond acceptors (Lipinski definition) is 2. The summed E-state index contributed by atoms with van der Waals surface area (Å²) >= 11 is 0. The van der Waals surface area contributed by atoms with Crippen LogP contribution in [0, 0.1) is 16.4 Å². The van der Waals surface area contributed by atoms with Crippen LogP contribution in [0.25, 0.3) is 0 Å². The second-order valence-corrected chi connectivity index (χ2v) is 7.89. The van der Waals surface area contributed by atoms with Crippen LogP contribution in [-0.2, 0) is 12.8 Å². The molecule has 0 aliphatic heterocycles. The van der Waals surface area contributed by atoms with Crippen molar-refractivity contribution in [2.24, 2.45) is 5.92 Å². The molecule has 0 spiro atoms. The van der Waals surface area contributed by atoms with Crippen LogP contribution in [0.15, 0.2) is 30.6 Å². The number of nitrogens with zero attached hydrogens (tertiary/aromatic N) is 2. The highest BCUT2D eigenvalue weighted by molar-refractivity contribution is 5.33. The first-order valence-electron chi connectivity index (χ1n) is 10.7. The number of rotatable bonds is 6. The lowest BCUT2D eigenvalue weighted by molar-refractivity contribution is 0.318. The minimum atomic E-state index is 0.716. The molecule has 4 rings (SSSR count). The first-order chi connectivity index (χ1) is 12.7. The van der Waals surface area contributed by atoms with Gasteiger partial charge in [0.1, 0.15) is 5.82 Å². The maximum atomic E-state index is 4.40.